The van der Waals surface area contributed by atoms with E-state index in [2.05, 4.69) is 39.6 Å². The first-order chi connectivity index (χ1) is 16.0. The number of hydrogen-bond acceptors (Lipinski definition) is 4. The predicted molar refractivity (Wildman–Crippen MR) is 131 cm³/mol. The molecule has 1 spiro atoms. The second-order valence-corrected chi connectivity index (χ2v) is 9.87. The van der Waals surface area contributed by atoms with Gasteiger partial charge in [0.25, 0.3) is 5.91 Å². The van der Waals surface area contributed by atoms with Crippen molar-refractivity contribution in [3.05, 3.63) is 53.3 Å². The zero-order chi connectivity index (χ0) is 23.0. The molecule has 2 fully saturated rings. The molecule has 3 aliphatic heterocycles. The van der Waals surface area contributed by atoms with Crippen molar-refractivity contribution in [2.45, 2.75) is 57.5 Å². The highest BCUT2D eigenvalue weighted by atomic mass is 16.2. The fourth-order valence-corrected chi connectivity index (χ4v) is 6.07. The van der Waals surface area contributed by atoms with Gasteiger partial charge in [0.15, 0.2) is 5.78 Å². The van der Waals surface area contributed by atoms with Crippen molar-refractivity contribution >= 4 is 17.4 Å². The third kappa shape index (κ3) is 3.88. The van der Waals surface area contributed by atoms with E-state index in [1.165, 1.54) is 30.6 Å². The fourth-order valence-electron chi connectivity index (χ4n) is 6.07. The zero-order valence-electron chi connectivity index (χ0n) is 20.1. The molecule has 0 saturated carbocycles. The van der Waals surface area contributed by atoms with Crippen LogP contribution in [0.5, 0.6) is 0 Å². The van der Waals surface area contributed by atoms with Gasteiger partial charge in [-0.2, -0.15) is 0 Å². The summed E-state index contributed by atoms with van der Waals surface area (Å²) in [6, 6.07) is 12.4. The molecule has 176 valence electrons. The minimum atomic E-state index is -0.0978. The second-order valence-electron chi connectivity index (χ2n) is 9.87. The monoisotopic (exact) mass is 448 g/mol. The Bertz CT molecular complexity index is 1010. The van der Waals surface area contributed by atoms with Crippen LogP contribution in [0.2, 0.25) is 0 Å². The lowest BCUT2D eigenvalue weighted by atomic mass is 9.81. The van der Waals surface area contributed by atoms with Crippen molar-refractivity contribution in [3.8, 4) is 0 Å². The summed E-state index contributed by atoms with van der Waals surface area (Å²) in [7, 11) is 2.19. The predicted octanol–water partition coefficient (Wildman–Crippen LogP) is 4.15. The lowest BCUT2D eigenvalue weighted by Crippen LogP contribution is -2.56. The summed E-state index contributed by atoms with van der Waals surface area (Å²) in [6.07, 6.45) is 6.14. The van der Waals surface area contributed by atoms with Gasteiger partial charge in [-0.05, 0) is 75.5 Å². The van der Waals surface area contributed by atoms with Crippen molar-refractivity contribution < 1.29 is 9.59 Å². The molecule has 0 aliphatic carbocycles. The molecule has 0 unspecified atom stereocenters. The summed E-state index contributed by atoms with van der Waals surface area (Å²) < 4.78 is 2.24. The molecule has 2 saturated heterocycles. The highest BCUT2D eigenvalue weighted by molar-refractivity contribution is 5.95. The SMILES string of the molecule is CCC(=O)c1ccc2n1CCN(C)C21CCN(C(=O)c2ccc(N3CCCCC3)cc2)CC1. The maximum absolute atomic E-state index is 13.3. The first-order valence-electron chi connectivity index (χ1n) is 12.6. The van der Waals surface area contributed by atoms with Gasteiger partial charge in [-0.1, -0.05) is 6.92 Å². The first-order valence-corrected chi connectivity index (χ1v) is 12.6. The number of carbonyl (C=O) groups is 2. The van der Waals surface area contributed by atoms with Gasteiger partial charge in [0.05, 0.1) is 11.2 Å². The number of aromatic nitrogens is 1. The number of Topliss-reactive ketones (excluding diaryl/α,β-unsaturated/α-hetero) is 1. The average molecular weight is 449 g/mol. The van der Waals surface area contributed by atoms with Crippen molar-refractivity contribution in [3.63, 3.8) is 0 Å². The Labute approximate surface area is 197 Å². The molecule has 3 aliphatic rings. The summed E-state index contributed by atoms with van der Waals surface area (Å²) in [5, 5.41) is 0. The van der Waals surface area contributed by atoms with Crippen LogP contribution in [0.25, 0.3) is 0 Å². The normalized spacial score (nSPS) is 20.7. The lowest BCUT2D eigenvalue weighted by molar-refractivity contribution is 0.0128. The molecule has 2 aromatic rings. The van der Waals surface area contributed by atoms with Crippen molar-refractivity contribution in [2.75, 3.05) is 44.7 Å². The number of hydrogen-bond donors (Lipinski definition) is 0. The molecule has 4 heterocycles. The Morgan fingerprint density at radius 1 is 0.848 bits per heavy atom. The summed E-state index contributed by atoms with van der Waals surface area (Å²) in [5.41, 5.74) is 3.99. The van der Waals surface area contributed by atoms with Gasteiger partial charge in [0.1, 0.15) is 0 Å². The molecule has 1 amide bonds. The van der Waals surface area contributed by atoms with E-state index in [0.717, 1.165) is 63.4 Å². The maximum Gasteiger partial charge on any atom is 0.253 e. The number of carbonyl (C=O) groups excluding carboxylic acids is 2. The van der Waals surface area contributed by atoms with Gasteiger partial charge in [0, 0.05) is 62.6 Å². The fraction of sp³-hybridized carbons (Fsp3) is 0.556. The van der Waals surface area contributed by atoms with Crippen LogP contribution in [0.3, 0.4) is 0 Å². The third-order valence-corrected chi connectivity index (χ3v) is 8.17. The van der Waals surface area contributed by atoms with Crippen LogP contribution in [-0.4, -0.2) is 65.8 Å². The van der Waals surface area contributed by atoms with E-state index in [1.54, 1.807) is 0 Å². The Balaban J connectivity index is 1.29. The standard InChI is InChI=1S/C27H36N4O2/c1-3-24(32)23-11-12-25-27(28(2)19-20-31(23)25)13-17-30(18-14-27)26(33)21-7-9-22(10-8-21)29-15-5-4-6-16-29/h7-12H,3-6,13-20H2,1-2H3. The van der Waals surface area contributed by atoms with Crippen LogP contribution < -0.4 is 4.90 Å². The van der Waals surface area contributed by atoms with Crippen LogP contribution in [0.1, 0.15) is 72.0 Å². The van der Waals surface area contributed by atoms with Crippen LogP contribution in [0.4, 0.5) is 5.69 Å². The Hall–Kier alpha value is -2.60. The highest BCUT2D eigenvalue weighted by Gasteiger charge is 2.45. The van der Waals surface area contributed by atoms with E-state index in [9.17, 15) is 9.59 Å². The van der Waals surface area contributed by atoms with Gasteiger partial charge >= 0.3 is 0 Å². The second kappa shape index (κ2) is 8.98. The number of ketones is 1. The van der Waals surface area contributed by atoms with E-state index in [4.69, 9.17) is 0 Å². The molecule has 5 rings (SSSR count). The van der Waals surface area contributed by atoms with E-state index >= 15 is 0 Å². The molecule has 1 aromatic carbocycles. The number of nitrogens with zero attached hydrogens (tertiary/aromatic N) is 4. The van der Waals surface area contributed by atoms with E-state index in [1.807, 2.05) is 30.0 Å². The summed E-state index contributed by atoms with van der Waals surface area (Å²) >= 11 is 0. The third-order valence-electron chi connectivity index (χ3n) is 8.17. The Kier molecular flexibility index (Phi) is 6.04. The zero-order valence-corrected chi connectivity index (χ0v) is 20.1. The van der Waals surface area contributed by atoms with Crippen LogP contribution >= 0.6 is 0 Å². The number of fused-ring (bicyclic) bond motifs is 2. The van der Waals surface area contributed by atoms with Gasteiger partial charge in [0.2, 0.25) is 0 Å². The number of anilines is 1. The van der Waals surface area contributed by atoms with Gasteiger partial charge in [-0.15, -0.1) is 0 Å². The molecule has 0 N–H and O–H groups in total. The van der Waals surface area contributed by atoms with Crippen molar-refractivity contribution in [1.82, 2.24) is 14.4 Å². The topological polar surface area (TPSA) is 48.8 Å². The molecular weight excluding hydrogens is 412 g/mol. The number of amides is 1. The average Bonchev–Trinajstić information content (AvgIpc) is 3.32. The summed E-state index contributed by atoms with van der Waals surface area (Å²) in [6.45, 7) is 7.41. The highest BCUT2D eigenvalue weighted by Crippen LogP contribution is 2.41. The van der Waals surface area contributed by atoms with Crippen LogP contribution in [-0.2, 0) is 12.1 Å². The molecular formula is C27H36N4O2. The summed E-state index contributed by atoms with van der Waals surface area (Å²) in [5.74, 6) is 0.340. The van der Waals surface area contributed by atoms with E-state index < -0.39 is 0 Å². The van der Waals surface area contributed by atoms with Gasteiger partial charge in [-0.25, -0.2) is 0 Å². The van der Waals surface area contributed by atoms with Crippen molar-refractivity contribution in [2.24, 2.45) is 0 Å². The number of likely N-dealkylation sites (N-methyl/N-ethyl adjacent to an activating group) is 1. The molecule has 0 atom stereocenters. The van der Waals surface area contributed by atoms with Gasteiger partial charge in [-0.3, -0.25) is 14.5 Å². The minimum absolute atomic E-state index is 0.0978. The van der Waals surface area contributed by atoms with E-state index in [-0.39, 0.29) is 17.2 Å². The quantitative estimate of drug-likeness (QED) is 0.660. The molecule has 0 radical (unpaired) electrons. The lowest BCUT2D eigenvalue weighted by Gasteiger charge is -2.50. The smallest absolute Gasteiger partial charge is 0.253 e. The minimum Gasteiger partial charge on any atom is -0.372 e. The summed E-state index contributed by atoms with van der Waals surface area (Å²) in [4.78, 5) is 32.6. The Morgan fingerprint density at radius 2 is 1.55 bits per heavy atom. The van der Waals surface area contributed by atoms with Crippen LogP contribution in [0.15, 0.2) is 36.4 Å². The van der Waals surface area contributed by atoms with Gasteiger partial charge < -0.3 is 14.4 Å². The number of likely N-dealkylation sites (tertiary alicyclic amines) is 1. The molecule has 1 aromatic heterocycles. The molecule has 33 heavy (non-hydrogen) atoms. The number of rotatable bonds is 4. The molecule has 0 bridgehead atoms. The molecule has 6 heteroatoms. The van der Waals surface area contributed by atoms with E-state index in [0.29, 0.717) is 6.42 Å². The largest absolute Gasteiger partial charge is 0.372 e. The number of piperidine rings is 2. The first kappa shape index (κ1) is 22.2. The molecule has 6 nitrogen and oxygen atoms in total. The number of benzene rings is 1. The van der Waals surface area contributed by atoms with Crippen LogP contribution in [0, 0.1) is 0 Å². The van der Waals surface area contributed by atoms with Crippen molar-refractivity contribution in [1.29, 1.82) is 0 Å². The maximum atomic E-state index is 13.3. The Morgan fingerprint density at radius 3 is 2.21 bits per heavy atom.